The minimum absolute atomic E-state index is 0.245. The molecule has 0 aliphatic carbocycles. The molecular weight excluding hydrogens is 302 g/mol. The van der Waals surface area contributed by atoms with Crippen molar-refractivity contribution in [2.24, 2.45) is 0 Å². The molecule has 24 heavy (non-hydrogen) atoms. The molecule has 0 radical (unpaired) electrons. The topological polar surface area (TPSA) is 61.4 Å². The molecule has 0 aromatic heterocycles. The Hall–Kier alpha value is -1.88. The molecule has 0 spiro atoms. The molecule has 1 aliphatic rings. The van der Waals surface area contributed by atoms with E-state index in [-0.39, 0.29) is 24.0 Å². The number of urea groups is 1. The lowest BCUT2D eigenvalue weighted by Gasteiger charge is -2.25. The molecule has 0 saturated carbocycles. The number of hydrogen-bond acceptors (Lipinski definition) is 3. The van der Waals surface area contributed by atoms with Crippen LogP contribution < -0.4 is 10.6 Å². The van der Waals surface area contributed by atoms with E-state index >= 15 is 0 Å². The van der Waals surface area contributed by atoms with Crippen molar-refractivity contribution in [2.45, 2.75) is 59.0 Å². The van der Waals surface area contributed by atoms with E-state index in [0.29, 0.717) is 0 Å². The van der Waals surface area contributed by atoms with Crippen LogP contribution in [-0.2, 0) is 4.79 Å². The lowest BCUT2D eigenvalue weighted by atomic mass is 9.99. The molecule has 1 heterocycles. The third-order valence-corrected chi connectivity index (χ3v) is 4.08. The fourth-order valence-corrected chi connectivity index (χ4v) is 3.32. The van der Waals surface area contributed by atoms with E-state index in [4.69, 9.17) is 0 Å². The summed E-state index contributed by atoms with van der Waals surface area (Å²) < 4.78 is 0. The predicted octanol–water partition coefficient (Wildman–Crippen LogP) is 3.06. The van der Waals surface area contributed by atoms with Gasteiger partial charge in [-0.3, -0.25) is 15.0 Å². The van der Waals surface area contributed by atoms with Crippen LogP contribution in [-0.4, -0.2) is 35.5 Å². The third-order valence-electron chi connectivity index (χ3n) is 4.08. The molecule has 0 bridgehead atoms. The number of carbonyl (C=O) groups is 2. The first-order valence-corrected chi connectivity index (χ1v) is 8.58. The Morgan fingerprint density at radius 1 is 1.17 bits per heavy atom. The second-order valence-corrected chi connectivity index (χ2v) is 7.80. The van der Waals surface area contributed by atoms with Gasteiger partial charge in [-0.2, -0.15) is 0 Å². The maximum atomic E-state index is 12.2. The number of nitrogens with one attached hydrogen (secondary N) is 2. The van der Waals surface area contributed by atoms with Crippen LogP contribution >= 0.6 is 0 Å². The van der Waals surface area contributed by atoms with Gasteiger partial charge in [-0.05, 0) is 59.6 Å². The summed E-state index contributed by atoms with van der Waals surface area (Å²) >= 11 is 0. The monoisotopic (exact) mass is 331 g/mol. The average molecular weight is 331 g/mol. The van der Waals surface area contributed by atoms with Gasteiger partial charge in [0.05, 0.1) is 6.54 Å². The summed E-state index contributed by atoms with van der Waals surface area (Å²) in [4.78, 5) is 26.2. The molecule has 1 aliphatic heterocycles. The molecule has 2 rings (SSSR count). The molecule has 1 aromatic carbocycles. The largest absolute Gasteiger partial charge is 0.333 e. The van der Waals surface area contributed by atoms with Crippen molar-refractivity contribution in [1.82, 2.24) is 15.5 Å². The number of carbonyl (C=O) groups excluding carboxylic acids is 2. The van der Waals surface area contributed by atoms with Crippen molar-refractivity contribution in [3.8, 4) is 0 Å². The SMILES string of the molecule is Cc1cc(C)cc(C2CCCN2CC(=O)NC(=O)NC(C)(C)C)c1. The van der Waals surface area contributed by atoms with Crippen molar-refractivity contribution in [1.29, 1.82) is 0 Å². The van der Waals surface area contributed by atoms with Gasteiger partial charge in [0.15, 0.2) is 0 Å². The molecule has 1 atom stereocenters. The number of nitrogens with zero attached hydrogens (tertiary/aromatic N) is 1. The first-order chi connectivity index (χ1) is 11.1. The first-order valence-electron chi connectivity index (χ1n) is 8.58. The summed E-state index contributed by atoms with van der Waals surface area (Å²) in [6.07, 6.45) is 2.11. The van der Waals surface area contributed by atoms with Crippen molar-refractivity contribution in [3.63, 3.8) is 0 Å². The Labute approximate surface area is 144 Å². The number of amides is 3. The molecular formula is C19H29N3O2. The van der Waals surface area contributed by atoms with Gasteiger partial charge in [0.2, 0.25) is 5.91 Å². The van der Waals surface area contributed by atoms with Gasteiger partial charge in [0.1, 0.15) is 0 Å². The van der Waals surface area contributed by atoms with Gasteiger partial charge >= 0.3 is 6.03 Å². The molecule has 1 unspecified atom stereocenters. The molecule has 132 valence electrons. The predicted molar refractivity (Wildman–Crippen MR) is 95.9 cm³/mol. The molecule has 1 aromatic rings. The minimum Gasteiger partial charge on any atom is -0.333 e. The molecule has 1 saturated heterocycles. The average Bonchev–Trinajstić information content (AvgIpc) is 2.82. The van der Waals surface area contributed by atoms with E-state index in [0.717, 1.165) is 19.4 Å². The van der Waals surface area contributed by atoms with Crippen LogP contribution in [0.15, 0.2) is 18.2 Å². The summed E-state index contributed by atoms with van der Waals surface area (Å²) in [5.74, 6) is -0.256. The van der Waals surface area contributed by atoms with Crippen LogP contribution in [0.5, 0.6) is 0 Å². The van der Waals surface area contributed by atoms with Crippen molar-refractivity contribution < 1.29 is 9.59 Å². The molecule has 5 nitrogen and oxygen atoms in total. The van der Waals surface area contributed by atoms with Crippen LogP contribution in [0.4, 0.5) is 4.79 Å². The van der Waals surface area contributed by atoms with E-state index < -0.39 is 6.03 Å². The summed E-state index contributed by atoms with van der Waals surface area (Å²) in [6, 6.07) is 6.36. The smallest absolute Gasteiger partial charge is 0.321 e. The highest BCUT2D eigenvalue weighted by Gasteiger charge is 2.28. The van der Waals surface area contributed by atoms with Crippen LogP contribution in [0.3, 0.4) is 0 Å². The Morgan fingerprint density at radius 3 is 2.38 bits per heavy atom. The van der Waals surface area contributed by atoms with E-state index in [9.17, 15) is 9.59 Å². The molecule has 1 fully saturated rings. The normalized spacial score (nSPS) is 18.5. The van der Waals surface area contributed by atoms with Crippen molar-refractivity contribution in [2.75, 3.05) is 13.1 Å². The van der Waals surface area contributed by atoms with E-state index in [2.05, 4.69) is 47.6 Å². The summed E-state index contributed by atoms with van der Waals surface area (Å²) in [5.41, 5.74) is 3.38. The zero-order chi connectivity index (χ0) is 17.9. The minimum atomic E-state index is -0.436. The second kappa shape index (κ2) is 7.34. The van der Waals surface area contributed by atoms with Gasteiger partial charge in [-0.25, -0.2) is 4.79 Å². The van der Waals surface area contributed by atoms with E-state index in [1.165, 1.54) is 16.7 Å². The molecule has 5 heteroatoms. The van der Waals surface area contributed by atoms with Crippen LogP contribution in [0.25, 0.3) is 0 Å². The number of likely N-dealkylation sites (tertiary alicyclic amines) is 1. The van der Waals surface area contributed by atoms with Gasteiger partial charge < -0.3 is 5.32 Å². The van der Waals surface area contributed by atoms with E-state index in [1.54, 1.807) is 0 Å². The zero-order valence-electron chi connectivity index (χ0n) is 15.4. The lowest BCUT2D eigenvalue weighted by molar-refractivity contribution is -0.121. The van der Waals surface area contributed by atoms with Gasteiger partial charge in [-0.15, -0.1) is 0 Å². The third kappa shape index (κ3) is 5.34. The van der Waals surface area contributed by atoms with Gasteiger partial charge in [0, 0.05) is 11.6 Å². The highest BCUT2D eigenvalue weighted by atomic mass is 16.2. The maximum absolute atomic E-state index is 12.2. The summed E-state index contributed by atoms with van der Waals surface area (Å²) in [7, 11) is 0. The fourth-order valence-electron chi connectivity index (χ4n) is 3.32. The number of rotatable bonds is 3. The highest BCUT2D eigenvalue weighted by molar-refractivity contribution is 5.95. The highest BCUT2D eigenvalue weighted by Crippen LogP contribution is 2.32. The Bertz CT molecular complexity index is 599. The van der Waals surface area contributed by atoms with Crippen LogP contribution in [0.2, 0.25) is 0 Å². The Balaban J connectivity index is 1.98. The molecule has 3 amide bonds. The van der Waals surface area contributed by atoms with Gasteiger partial charge in [-0.1, -0.05) is 29.3 Å². The standard InChI is InChI=1S/C19H29N3O2/c1-13-9-14(2)11-15(10-13)16-7-6-8-22(16)12-17(23)20-18(24)21-19(3,4)5/h9-11,16H,6-8,12H2,1-5H3,(H2,20,21,23,24). The maximum Gasteiger partial charge on any atom is 0.321 e. The summed E-state index contributed by atoms with van der Waals surface area (Å²) in [5, 5.41) is 5.17. The first kappa shape index (κ1) is 18.5. The zero-order valence-corrected chi connectivity index (χ0v) is 15.4. The van der Waals surface area contributed by atoms with Gasteiger partial charge in [0.25, 0.3) is 0 Å². The number of aryl methyl sites for hydroxylation is 2. The molecule has 2 N–H and O–H groups in total. The Morgan fingerprint density at radius 2 is 1.79 bits per heavy atom. The van der Waals surface area contributed by atoms with Crippen LogP contribution in [0.1, 0.15) is 56.3 Å². The lowest BCUT2D eigenvalue weighted by Crippen LogP contribution is -2.50. The second-order valence-electron chi connectivity index (χ2n) is 7.80. The summed E-state index contributed by atoms with van der Waals surface area (Å²) in [6.45, 7) is 11.0. The number of hydrogen-bond donors (Lipinski definition) is 2. The van der Waals surface area contributed by atoms with Crippen molar-refractivity contribution >= 4 is 11.9 Å². The fraction of sp³-hybridized carbons (Fsp3) is 0.579. The van der Waals surface area contributed by atoms with E-state index in [1.807, 2.05) is 20.8 Å². The quantitative estimate of drug-likeness (QED) is 0.895. The number of benzene rings is 1. The van der Waals surface area contributed by atoms with Crippen LogP contribution in [0, 0.1) is 13.8 Å². The Kier molecular flexibility index (Phi) is 5.65. The van der Waals surface area contributed by atoms with Crippen molar-refractivity contribution in [3.05, 3.63) is 34.9 Å². The number of imide groups is 1.